The molecule has 0 heterocycles. The zero-order chi connectivity index (χ0) is 14.3. The maximum Gasteiger partial charge on any atom is 0.321 e. The minimum atomic E-state index is -1.40. The lowest BCUT2D eigenvalue weighted by atomic mass is 9.86. The van der Waals surface area contributed by atoms with Crippen LogP contribution >= 0.6 is 0 Å². The molecule has 0 rings (SSSR count). The minimum absolute atomic E-state index is 0.177. The van der Waals surface area contributed by atoms with Crippen LogP contribution in [0.25, 0.3) is 0 Å². The van der Waals surface area contributed by atoms with E-state index in [-0.39, 0.29) is 13.0 Å². The average molecular weight is 261 g/mol. The van der Waals surface area contributed by atoms with Gasteiger partial charge in [-0.1, -0.05) is 0 Å². The number of rotatable bonds is 9. The number of ketones is 1. The maximum absolute atomic E-state index is 11.9. The topological polar surface area (TPSA) is 170 Å². The van der Waals surface area contributed by atoms with Crippen LogP contribution in [-0.4, -0.2) is 46.6 Å². The third-order valence-electron chi connectivity index (χ3n) is 2.56. The van der Waals surface area contributed by atoms with Crippen molar-refractivity contribution in [2.75, 3.05) is 6.54 Å². The van der Waals surface area contributed by atoms with E-state index in [0.717, 1.165) is 0 Å². The largest absolute Gasteiger partial charge is 0.481 e. The van der Waals surface area contributed by atoms with Gasteiger partial charge in [-0.25, -0.2) is 0 Å². The van der Waals surface area contributed by atoms with Crippen molar-refractivity contribution in [3.63, 3.8) is 0 Å². The Kier molecular flexibility index (Phi) is 7.10. The van der Waals surface area contributed by atoms with Crippen molar-refractivity contribution in [1.29, 1.82) is 0 Å². The zero-order valence-electron chi connectivity index (χ0n) is 9.91. The Hall–Kier alpha value is -1.51. The number of nitrogens with two attached hydrogens (primary N) is 3. The summed E-state index contributed by atoms with van der Waals surface area (Å²) in [6.45, 7) is 0.282. The highest BCUT2D eigenvalue weighted by atomic mass is 16.4. The van der Waals surface area contributed by atoms with Crippen LogP contribution in [0, 0.1) is 5.92 Å². The molecule has 0 aromatic carbocycles. The van der Waals surface area contributed by atoms with E-state index in [0.29, 0.717) is 6.42 Å². The van der Waals surface area contributed by atoms with E-state index in [4.69, 9.17) is 27.4 Å². The summed E-state index contributed by atoms with van der Waals surface area (Å²) in [5.74, 6) is -4.22. The van der Waals surface area contributed by atoms with Crippen molar-refractivity contribution in [3.05, 3.63) is 0 Å². The van der Waals surface area contributed by atoms with Crippen molar-refractivity contribution in [1.82, 2.24) is 0 Å². The van der Waals surface area contributed by atoms with E-state index in [1.165, 1.54) is 0 Å². The number of hydrogen-bond donors (Lipinski definition) is 5. The smallest absolute Gasteiger partial charge is 0.321 e. The first-order valence-electron chi connectivity index (χ1n) is 5.50. The summed E-state index contributed by atoms with van der Waals surface area (Å²) in [6.07, 6.45) is 0.0393. The second kappa shape index (κ2) is 7.75. The van der Waals surface area contributed by atoms with Crippen LogP contribution < -0.4 is 17.2 Å². The Bertz CT molecular complexity index is 321. The Morgan fingerprint density at radius 3 is 2.06 bits per heavy atom. The van der Waals surface area contributed by atoms with Crippen molar-refractivity contribution in [3.8, 4) is 0 Å². The number of carbonyl (C=O) groups excluding carboxylic acids is 1. The van der Waals surface area contributed by atoms with Crippen molar-refractivity contribution < 1.29 is 24.6 Å². The molecular weight excluding hydrogens is 242 g/mol. The standard InChI is InChI=1S/C10H19N3O5/c11-3-1-2-5(8(13)10(17)18)9(16)6(12)4-7(14)15/h5-6,8H,1-4,11-13H2,(H,14,15)(H,17,18)/t5?,6-,8-/m0/s1. The van der Waals surface area contributed by atoms with E-state index in [2.05, 4.69) is 0 Å². The number of Topliss-reactive ketones (excluding diaryl/α,β-unsaturated/α-hetero) is 1. The van der Waals surface area contributed by atoms with Crippen molar-refractivity contribution in [2.45, 2.75) is 31.3 Å². The summed E-state index contributed by atoms with van der Waals surface area (Å²) >= 11 is 0. The summed E-state index contributed by atoms with van der Waals surface area (Å²) in [5.41, 5.74) is 16.1. The van der Waals surface area contributed by atoms with Crippen LogP contribution in [0.1, 0.15) is 19.3 Å². The Balaban J connectivity index is 4.77. The van der Waals surface area contributed by atoms with Gasteiger partial charge in [0.25, 0.3) is 0 Å². The van der Waals surface area contributed by atoms with Crippen LogP contribution in [0.4, 0.5) is 0 Å². The molecule has 8 nitrogen and oxygen atoms in total. The molecule has 0 bridgehead atoms. The molecule has 0 aromatic rings. The van der Waals surface area contributed by atoms with Gasteiger partial charge in [-0.3, -0.25) is 14.4 Å². The molecule has 1 unspecified atom stereocenters. The third kappa shape index (κ3) is 5.21. The number of carbonyl (C=O) groups is 3. The summed E-state index contributed by atoms with van der Waals surface area (Å²) in [6, 6.07) is -2.65. The van der Waals surface area contributed by atoms with E-state index in [1.54, 1.807) is 0 Å². The van der Waals surface area contributed by atoms with Gasteiger partial charge < -0.3 is 27.4 Å². The van der Waals surface area contributed by atoms with Gasteiger partial charge in [0.15, 0.2) is 5.78 Å². The maximum atomic E-state index is 11.9. The summed E-state index contributed by atoms with van der Waals surface area (Å²) in [4.78, 5) is 33.1. The van der Waals surface area contributed by atoms with Crippen LogP contribution in [0.5, 0.6) is 0 Å². The van der Waals surface area contributed by atoms with Crippen molar-refractivity contribution in [2.24, 2.45) is 23.1 Å². The van der Waals surface area contributed by atoms with Gasteiger partial charge in [-0.15, -0.1) is 0 Å². The Morgan fingerprint density at radius 2 is 1.67 bits per heavy atom. The molecule has 104 valence electrons. The normalized spacial score (nSPS) is 15.7. The molecule has 0 saturated carbocycles. The van der Waals surface area contributed by atoms with Gasteiger partial charge in [0, 0.05) is 5.92 Å². The van der Waals surface area contributed by atoms with Gasteiger partial charge in [-0.05, 0) is 19.4 Å². The SMILES string of the molecule is NCCCC(C(=O)[C@@H](N)CC(=O)O)[C@H](N)C(=O)O. The zero-order valence-corrected chi connectivity index (χ0v) is 9.91. The molecule has 8 N–H and O–H groups in total. The van der Waals surface area contributed by atoms with Gasteiger partial charge in [0.1, 0.15) is 6.04 Å². The lowest BCUT2D eigenvalue weighted by molar-refractivity contribution is -0.143. The van der Waals surface area contributed by atoms with Gasteiger partial charge >= 0.3 is 11.9 Å². The molecule has 0 spiro atoms. The molecule has 8 heteroatoms. The molecule has 18 heavy (non-hydrogen) atoms. The predicted molar refractivity (Wildman–Crippen MR) is 62.6 cm³/mol. The fourth-order valence-corrected chi connectivity index (χ4v) is 1.57. The molecule has 0 fully saturated rings. The molecule has 0 radical (unpaired) electrons. The first-order chi connectivity index (χ1) is 8.31. The first kappa shape index (κ1) is 16.5. The lowest BCUT2D eigenvalue weighted by Gasteiger charge is -2.22. The van der Waals surface area contributed by atoms with Gasteiger partial charge in [-0.2, -0.15) is 0 Å². The van der Waals surface area contributed by atoms with Crippen molar-refractivity contribution >= 4 is 17.7 Å². The molecule has 0 aliphatic rings. The van der Waals surface area contributed by atoms with Crippen LogP contribution in [0.3, 0.4) is 0 Å². The number of aliphatic carboxylic acids is 2. The lowest BCUT2D eigenvalue weighted by Crippen LogP contribution is -2.48. The second-order valence-electron chi connectivity index (χ2n) is 4.01. The van der Waals surface area contributed by atoms with Gasteiger partial charge in [0.2, 0.25) is 0 Å². The first-order valence-corrected chi connectivity index (χ1v) is 5.50. The Morgan fingerprint density at radius 1 is 1.11 bits per heavy atom. The molecule has 0 aliphatic heterocycles. The van der Waals surface area contributed by atoms with E-state index in [9.17, 15) is 14.4 Å². The number of carboxylic acid groups (broad SMARTS) is 2. The minimum Gasteiger partial charge on any atom is -0.481 e. The molecule has 0 saturated heterocycles. The fourth-order valence-electron chi connectivity index (χ4n) is 1.57. The third-order valence-corrected chi connectivity index (χ3v) is 2.56. The summed E-state index contributed by atoms with van der Waals surface area (Å²) < 4.78 is 0. The predicted octanol–water partition coefficient (Wildman–Crippen LogP) is -1.88. The average Bonchev–Trinajstić information content (AvgIpc) is 2.27. The number of carboxylic acids is 2. The Labute approximate surface area is 104 Å². The number of hydrogen-bond acceptors (Lipinski definition) is 6. The highest BCUT2D eigenvalue weighted by Gasteiger charge is 2.33. The summed E-state index contributed by atoms with van der Waals surface area (Å²) in [7, 11) is 0. The second-order valence-corrected chi connectivity index (χ2v) is 4.01. The van der Waals surface area contributed by atoms with Crippen LogP contribution in [-0.2, 0) is 14.4 Å². The van der Waals surface area contributed by atoms with Gasteiger partial charge in [0.05, 0.1) is 12.5 Å². The summed E-state index contributed by atoms with van der Waals surface area (Å²) in [5, 5.41) is 17.3. The van der Waals surface area contributed by atoms with E-state index < -0.39 is 42.1 Å². The molecular formula is C10H19N3O5. The van der Waals surface area contributed by atoms with E-state index in [1.807, 2.05) is 0 Å². The van der Waals surface area contributed by atoms with E-state index >= 15 is 0 Å². The molecule has 3 atom stereocenters. The fraction of sp³-hybridized carbons (Fsp3) is 0.700. The molecule has 0 aromatic heterocycles. The highest BCUT2D eigenvalue weighted by molar-refractivity contribution is 5.93. The van der Waals surface area contributed by atoms with Crippen LogP contribution in [0.15, 0.2) is 0 Å². The molecule has 0 aliphatic carbocycles. The molecule has 0 amide bonds. The quantitative estimate of drug-likeness (QED) is 0.321. The van der Waals surface area contributed by atoms with Crippen LogP contribution in [0.2, 0.25) is 0 Å². The highest BCUT2D eigenvalue weighted by Crippen LogP contribution is 2.14. The monoisotopic (exact) mass is 261 g/mol.